The summed E-state index contributed by atoms with van der Waals surface area (Å²) in [6.07, 6.45) is 3.04. The number of amides is 9. The average molecular weight is 1560 g/mol. The number of alkyl carbamates (subject to hydrolysis) is 1. The lowest BCUT2D eigenvalue weighted by Gasteiger charge is -2.37. The second kappa shape index (κ2) is 38.9. The number of hydrogen-bond acceptors (Lipinski definition) is 17. The van der Waals surface area contributed by atoms with Gasteiger partial charge in [-0.1, -0.05) is 72.8 Å². The van der Waals surface area contributed by atoms with Crippen LogP contribution in [0.2, 0.25) is 0 Å². The third kappa shape index (κ3) is 24.3. The number of hydrogen-bond donors (Lipinski definition) is 8. The van der Waals surface area contributed by atoms with Crippen LogP contribution in [0.3, 0.4) is 0 Å². The molecule has 2 saturated heterocycles. The van der Waals surface area contributed by atoms with Crippen molar-refractivity contribution in [2.24, 2.45) is 11.7 Å². The number of aliphatic carboxylic acids is 1. The Morgan fingerprint density at radius 1 is 0.770 bits per heavy atom. The van der Waals surface area contributed by atoms with Crippen molar-refractivity contribution < 1.29 is 86.0 Å². The summed E-state index contributed by atoms with van der Waals surface area (Å²) in [5.41, 5.74) is 7.07. The third-order valence-corrected chi connectivity index (χ3v) is 20.8. The van der Waals surface area contributed by atoms with Gasteiger partial charge in [0.05, 0.1) is 55.5 Å². The molecule has 0 aliphatic carbocycles. The second-order valence-electron chi connectivity index (χ2n) is 32.1. The molecule has 28 nitrogen and oxygen atoms in total. The molecule has 5 aliphatic heterocycles. The van der Waals surface area contributed by atoms with Gasteiger partial charge in [0, 0.05) is 88.0 Å². The van der Waals surface area contributed by atoms with Crippen molar-refractivity contribution >= 4 is 81.8 Å². The van der Waals surface area contributed by atoms with Crippen LogP contribution in [-0.4, -0.2) is 200 Å². The van der Waals surface area contributed by atoms with Crippen molar-refractivity contribution in [2.45, 2.75) is 237 Å². The number of carboxylic acids is 1. The zero-order chi connectivity index (χ0) is 82.1. The van der Waals surface area contributed by atoms with Gasteiger partial charge in [0.2, 0.25) is 47.3 Å². The van der Waals surface area contributed by atoms with Crippen molar-refractivity contribution in [1.82, 2.24) is 51.2 Å². The zero-order valence-electron chi connectivity index (χ0n) is 66.4. The van der Waals surface area contributed by atoms with Crippen LogP contribution in [0.1, 0.15) is 160 Å². The van der Waals surface area contributed by atoms with E-state index in [0.29, 0.717) is 77.4 Å². The minimum absolute atomic E-state index is 0.0561. The Kier molecular flexibility index (Phi) is 29.8. The standard InChI is InChI=1S/C84H110FN11O17/c1-51(86)75(103)91-65(47-88-81(109)113-83(6,7)8)76(104)89-63-42-56-19-15-20-57(40-56)46-87-70(99)50-111-68-34-39-95-74(68)78(106)92-73(52(2)112-82(3,4)5)77(105)90-64(41-54-26-29-61(110-10)30-27-54)80(108)96-38-17-35-84(96,9)69(98)21-16-18-53-22-24-55(25-23-53)48-94(71(100)32-33-72(101)102)37-14-12-11-13-36-93-49-59(43-58(79(95)107)44-67(63)97)62-45-60(85)28-31-66(62)93/h11,13,15,19-20,22-31,40,45,49,51-52,58,63-65,68,73-74H,12,14,16-18,21,32-39,41-44,46-48,50,86H2,1-10H3,(H,87,99)(H,88,109)(H,89,104)(H,90,105)(H,91,103)(H,92,106)(H,101,102)/t51-,52+,58+,63-,64-,65+,68-,73-,74-,84-/m0/s1. The summed E-state index contributed by atoms with van der Waals surface area (Å²) in [4.78, 5) is 179. The third-order valence-electron chi connectivity index (χ3n) is 20.8. The molecule has 4 aromatic carbocycles. The summed E-state index contributed by atoms with van der Waals surface area (Å²) < 4.78 is 41.5. The van der Waals surface area contributed by atoms with Crippen LogP contribution in [0.25, 0.3) is 10.9 Å². The van der Waals surface area contributed by atoms with Gasteiger partial charge in [0.1, 0.15) is 47.9 Å². The van der Waals surface area contributed by atoms with E-state index in [2.05, 4.69) is 31.9 Å². The molecule has 9 N–H and O–H groups in total. The van der Waals surface area contributed by atoms with E-state index in [1.54, 1.807) is 121 Å². The molecule has 610 valence electrons. The van der Waals surface area contributed by atoms with Crippen molar-refractivity contribution in [3.05, 3.63) is 149 Å². The van der Waals surface area contributed by atoms with Crippen LogP contribution in [-0.2, 0) is 112 Å². The van der Waals surface area contributed by atoms with Crippen LogP contribution < -0.4 is 42.4 Å². The molecule has 0 unspecified atom stereocenters. The van der Waals surface area contributed by atoms with Gasteiger partial charge < -0.3 is 81.0 Å². The first kappa shape index (κ1) is 86.6. The molecule has 1 aromatic heterocycles. The number of ketones is 2. The first-order chi connectivity index (χ1) is 53.5. The number of aryl methyl sites for hydroxylation is 1. The van der Waals surface area contributed by atoms with E-state index in [-0.39, 0.29) is 95.9 Å². The predicted octanol–water partition coefficient (Wildman–Crippen LogP) is 6.54. The number of Topliss-reactive ketones (excluding diaryl/α,β-unsaturated/α-hetero) is 2. The van der Waals surface area contributed by atoms with Gasteiger partial charge in [-0.3, -0.25) is 52.7 Å². The Hall–Kier alpha value is -10.4. The number of carboxylic acid groups (broad SMARTS) is 1. The van der Waals surface area contributed by atoms with E-state index in [1.165, 1.54) is 36.0 Å². The number of ether oxygens (including phenoxy) is 4. The van der Waals surface area contributed by atoms with Crippen molar-refractivity contribution in [3.8, 4) is 5.75 Å². The molecular formula is C84H110FN11O17. The Balaban J connectivity index is 1.16. The minimum Gasteiger partial charge on any atom is -0.497 e. The number of nitrogens with zero attached hydrogens (tertiary/aromatic N) is 4. The number of rotatable bonds is 14. The summed E-state index contributed by atoms with van der Waals surface area (Å²) in [6, 6.07) is 16.6. The highest BCUT2D eigenvalue weighted by molar-refractivity contribution is 6.00. The van der Waals surface area contributed by atoms with Crippen LogP contribution in [0.5, 0.6) is 5.75 Å². The Morgan fingerprint density at radius 2 is 1.50 bits per heavy atom. The van der Waals surface area contributed by atoms with Gasteiger partial charge in [-0.25, -0.2) is 9.18 Å². The molecule has 9 amide bonds. The molecule has 10 rings (SSSR count). The topological polar surface area (TPSA) is 375 Å². The molecule has 10 atom stereocenters. The highest BCUT2D eigenvalue weighted by Crippen LogP contribution is 2.35. The fourth-order valence-electron chi connectivity index (χ4n) is 15.0. The first-order valence-corrected chi connectivity index (χ1v) is 38.9. The van der Waals surface area contributed by atoms with Gasteiger partial charge in [0.25, 0.3) is 0 Å². The Bertz CT molecular complexity index is 4300. The normalized spacial score (nSPS) is 22.8. The van der Waals surface area contributed by atoms with Gasteiger partial charge >= 0.3 is 12.1 Å². The van der Waals surface area contributed by atoms with Crippen molar-refractivity contribution in [2.75, 3.05) is 39.9 Å². The molecule has 0 radical (unpaired) electrons. The molecule has 2 fully saturated rings. The Labute approximate surface area is 658 Å². The molecule has 29 heteroatoms. The van der Waals surface area contributed by atoms with Gasteiger partial charge in [-0.15, -0.1) is 0 Å². The number of halogens is 1. The molecule has 0 spiro atoms. The summed E-state index contributed by atoms with van der Waals surface area (Å²) in [6.45, 7) is 14.3. The number of nitrogens with two attached hydrogens (primary N) is 1. The van der Waals surface area contributed by atoms with E-state index < -0.39 is 156 Å². The highest BCUT2D eigenvalue weighted by atomic mass is 19.1. The molecule has 113 heavy (non-hydrogen) atoms. The van der Waals surface area contributed by atoms with E-state index in [4.69, 9.17) is 24.7 Å². The maximum Gasteiger partial charge on any atom is 0.407 e. The highest BCUT2D eigenvalue weighted by Gasteiger charge is 2.50. The number of allylic oxidation sites excluding steroid dienone is 2. The molecule has 5 aromatic rings. The monoisotopic (exact) mass is 1560 g/mol. The lowest BCUT2D eigenvalue weighted by Crippen LogP contribution is -2.63. The van der Waals surface area contributed by atoms with Crippen LogP contribution >= 0.6 is 0 Å². The number of nitrogens with one attached hydrogen (secondary N) is 6. The van der Waals surface area contributed by atoms with Gasteiger partial charge in [-0.05, 0) is 184 Å². The maximum absolute atomic E-state index is 16.4. The number of carbonyl (C=O) groups excluding carboxylic acids is 11. The number of aromatic nitrogens is 1. The fourth-order valence-corrected chi connectivity index (χ4v) is 15.0. The van der Waals surface area contributed by atoms with Crippen molar-refractivity contribution in [1.29, 1.82) is 0 Å². The smallest absolute Gasteiger partial charge is 0.407 e. The predicted molar refractivity (Wildman–Crippen MR) is 418 cm³/mol. The Morgan fingerprint density at radius 3 is 2.19 bits per heavy atom. The molecule has 10 bridgehead atoms. The molecule has 0 saturated carbocycles. The number of fused-ring (bicyclic) bond motifs is 20. The number of methoxy groups -OCH3 is 1. The van der Waals surface area contributed by atoms with E-state index >= 15 is 28.4 Å². The van der Waals surface area contributed by atoms with E-state index in [1.807, 2.05) is 41.0 Å². The lowest BCUT2D eigenvalue weighted by atomic mass is 9.88. The summed E-state index contributed by atoms with van der Waals surface area (Å²) in [7, 11) is 1.51. The van der Waals surface area contributed by atoms with Gasteiger partial charge in [0.15, 0.2) is 11.6 Å². The minimum atomic E-state index is -1.66. The first-order valence-electron chi connectivity index (χ1n) is 38.9. The maximum atomic E-state index is 16.4. The number of carbonyl (C=O) groups is 12. The lowest BCUT2D eigenvalue weighted by molar-refractivity contribution is -0.150. The second-order valence-corrected chi connectivity index (χ2v) is 32.1. The summed E-state index contributed by atoms with van der Waals surface area (Å²) in [5, 5.41) is 26.5. The molecular weight excluding hydrogens is 1450 g/mol. The molecule has 5 aliphatic rings. The van der Waals surface area contributed by atoms with Crippen LogP contribution in [0.4, 0.5) is 9.18 Å². The largest absolute Gasteiger partial charge is 0.497 e. The molecule has 6 heterocycles. The summed E-state index contributed by atoms with van der Waals surface area (Å²) in [5.74, 6) is -9.46. The zero-order valence-corrected chi connectivity index (χ0v) is 66.4. The van der Waals surface area contributed by atoms with Crippen LogP contribution in [0.15, 0.2) is 109 Å². The SMILES string of the molecule is COc1ccc(C[C@@H]2NC(=O)[C@H]([C@@H](C)OC(C)(C)C)NC(=O)[C@@H]3[C@@H]4CCN3C(=O)[C@@H](CC(=O)[C@@H](NC(=O)[C@@H](CNC(=O)OC(C)(C)C)NC(=O)[C@H](C)N)Cc3cccc(c3)CNC(=O)CO4)Cc3cn(c4ccc(F)cc34)CC=CCCCN(C(=O)CCC(=O)O)Cc3ccc(cc3)CCCC(=O)[C@]3(C)CCCN3C2=O)cc1. The van der Waals surface area contributed by atoms with Gasteiger partial charge in [-0.2, -0.15) is 0 Å². The average Bonchev–Trinajstić information content (AvgIpc) is 1.66. The van der Waals surface area contributed by atoms with E-state index in [0.717, 1.165) is 11.1 Å². The van der Waals surface area contributed by atoms with E-state index in [9.17, 15) is 38.7 Å². The van der Waals surface area contributed by atoms with Crippen LogP contribution in [0, 0.1) is 11.7 Å². The summed E-state index contributed by atoms with van der Waals surface area (Å²) >= 11 is 0. The number of benzene rings is 4. The fraction of sp³-hybridized carbons (Fsp3) is 0.524. The quantitative estimate of drug-likeness (QED) is 0.0547. The van der Waals surface area contributed by atoms with Crippen molar-refractivity contribution in [3.63, 3.8) is 0 Å².